The fourth-order valence-corrected chi connectivity index (χ4v) is 2.41. The van der Waals surface area contributed by atoms with Crippen LogP contribution in [-0.2, 0) is 0 Å². The maximum atomic E-state index is 5.79. The van der Waals surface area contributed by atoms with Crippen LogP contribution in [-0.4, -0.2) is 26.8 Å². The quantitative estimate of drug-likeness (QED) is 0.806. The van der Waals surface area contributed by atoms with Gasteiger partial charge in [-0.05, 0) is 62.9 Å². The van der Waals surface area contributed by atoms with Crippen LogP contribution >= 0.6 is 0 Å². The molecule has 1 aromatic rings. The molecule has 0 aliphatic heterocycles. The second-order valence-corrected chi connectivity index (χ2v) is 5.15. The van der Waals surface area contributed by atoms with E-state index in [-0.39, 0.29) is 0 Å². The second kappa shape index (κ2) is 5.61. The van der Waals surface area contributed by atoms with Gasteiger partial charge in [0.1, 0.15) is 11.5 Å². The Morgan fingerprint density at radius 3 is 2.33 bits per heavy atom. The van der Waals surface area contributed by atoms with Gasteiger partial charge in [-0.1, -0.05) is 0 Å². The molecule has 1 fully saturated rings. The summed E-state index contributed by atoms with van der Waals surface area (Å²) >= 11 is 0. The van der Waals surface area contributed by atoms with Crippen LogP contribution in [0.5, 0.6) is 11.5 Å². The van der Waals surface area contributed by atoms with E-state index in [0.717, 1.165) is 24.5 Å². The van der Waals surface area contributed by atoms with Crippen LogP contribution in [0, 0.1) is 5.41 Å². The minimum atomic E-state index is 0.473. The van der Waals surface area contributed by atoms with Gasteiger partial charge in [0.2, 0.25) is 0 Å². The first kappa shape index (κ1) is 13.2. The molecule has 0 amide bonds. The zero-order valence-electron chi connectivity index (χ0n) is 11.5. The summed E-state index contributed by atoms with van der Waals surface area (Å²) in [6, 6.07) is 8.36. The van der Waals surface area contributed by atoms with E-state index in [1.54, 1.807) is 7.11 Å². The van der Waals surface area contributed by atoms with Crippen LogP contribution in [0.4, 0.5) is 0 Å². The Morgan fingerprint density at radius 1 is 1.22 bits per heavy atom. The predicted octanol–water partition coefficient (Wildman–Crippen LogP) is 2.85. The van der Waals surface area contributed by atoms with Crippen molar-refractivity contribution in [1.82, 2.24) is 5.32 Å². The monoisotopic (exact) mass is 249 g/mol. The summed E-state index contributed by atoms with van der Waals surface area (Å²) in [7, 11) is 3.71. The van der Waals surface area contributed by atoms with Crippen LogP contribution in [0.3, 0.4) is 0 Å². The van der Waals surface area contributed by atoms with E-state index in [1.807, 2.05) is 31.3 Å². The first-order valence-electron chi connectivity index (χ1n) is 6.64. The second-order valence-electron chi connectivity index (χ2n) is 5.15. The van der Waals surface area contributed by atoms with Gasteiger partial charge in [0.05, 0.1) is 13.7 Å². The van der Waals surface area contributed by atoms with E-state index in [2.05, 4.69) is 12.2 Å². The summed E-state index contributed by atoms with van der Waals surface area (Å²) in [6.07, 6.45) is 3.77. The molecule has 1 aromatic carbocycles. The van der Waals surface area contributed by atoms with Crippen molar-refractivity contribution in [2.24, 2.45) is 5.41 Å². The smallest absolute Gasteiger partial charge is 0.119 e. The molecule has 0 spiro atoms. The molecule has 3 nitrogen and oxygen atoms in total. The van der Waals surface area contributed by atoms with Crippen molar-refractivity contribution in [1.29, 1.82) is 0 Å². The molecule has 1 saturated carbocycles. The fourth-order valence-electron chi connectivity index (χ4n) is 2.41. The lowest BCUT2D eigenvalue weighted by Crippen LogP contribution is -2.32. The van der Waals surface area contributed by atoms with Crippen molar-refractivity contribution in [2.45, 2.75) is 32.2 Å². The maximum Gasteiger partial charge on any atom is 0.119 e. The summed E-state index contributed by atoms with van der Waals surface area (Å²) in [4.78, 5) is 0. The number of methoxy groups -OCH3 is 1. The van der Waals surface area contributed by atoms with Gasteiger partial charge in [0.15, 0.2) is 0 Å². The van der Waals surface area contributed by atoms with Gasteiger partial charge in [0.25, 0.3) is 0 Å². The highest BCUT2D eigenvalue weighted by Crippen LogP contribution is 2.51. The number of rotatable bonds is 7. The molecule has 0 aromatic heterocycles. The molecule has 1 N–H and O–H groups in total. The zero-order valence-corrected chi connectivity index (χ0v) is 11.5. The van der Waals surface area contributed by atoms with Crippen LogP contribution in [0.25, 0.3) is 0 Å². The summed E-state index contributed by atoms with van der Waals surface area (Å²) < 4.78 is 10.9. The van der Waals surface area contributed by atoms with E-state index in [9.17, 15) is 0 Å². The van der Waals surface area contributed by atoms with Gasteiger partial charge in [0, 0.05) is 6.04 Å². The maximum absolute atomic E-state index is 5.79. The molecule has 1 aliphatic rings. The van der Waals surface area contributed by atoms with Crippen molar-refractivity contribution in [2.75, 3.05) is 20.8 Å². The molecule has 18 heavy (non-hydrogen) atoms. The van der Waals surface area contributed by atoms with Gasteiger partial charge in [-0.3, -0.25) is 0 Å². The molecule has 2 rings (SSSR count). The molecule has 100 valence electrons. The number of benzene rings is 1. The Balaban J connectivity index is 1.78. The van der Waals surface area contributed by atoms with E-state index in [4.69, 9.17) is 9.47 Å². The largest absolute Gasteiger partial charge is 0.497 e. The Kier molecular flexibility index (Phi) is 4.12. The summed E-state index contributed by atoms with van der Waals surface area (Å²) in [6.45, 7) is 3.05. The SMILES string of the molecule is CNC(C)C1(CCOc2ccc(OC)cc2)CC1. The highest BCUT2D eigenvalue weighted by Gasteiger charge is 2.46. The van der Waals surface area contributed by atoms with Crippen molar-refractivity contribution >= 4 is 0 Å². The Morgan fingerprint density at radius 2 is 1.83 bits per heavy atom. The average molecular weight is 249 g/mol. The number of hydrogen-bond acceptors (Lipinski definition) is 3. The summed E-state index contributed by atoms with van der Waals surface area (Å²) in [5, 5.41) is 3.36. The van der Waals surface area contributed by atoms with Crippen molar-refractivity contribution < 1.29 is 9.47 Å². The van der Waals surface area contributed by atoms with E-state index < -0.39 is 0 Å². The van der Waals surface area contributed by atoms with Crippen LogP contribution < -0.4 is 14.8 Å². The summed E-state index contributed by atoms with van der Waals surface area (Å²) in [5.74, 6) is 1.79. The minimum absolute atomic E-state index is 0.473. The van der Waals surface area contributed by atoms with Gasteiger partial charge >= 0.3 is 0 Å². The van der Waals surface area contributed by atoms with Gasteiger partial charge < -0.3 is 14.8 Å². The van der Waals surface area contributed by atoms with Crippen LogP contribution in [0.2, 0.25) is 0 Å². The standard InChI is InChI=1S/C15H23NO2/c1-12(16-2)15(8-9-15)10-11-18-14-6-4-13(17-3)5-7-14/h4-7,12,16H,8-11H2,1-3H3. The Labute approximate surface area is 109 Å². The minimum Gasteiger partial charge on any atom is -0.497 e. The molecule has 0 radical (unpaired) electrons. The highest BCUT2D eigenvalue weighted by molar-refractivity contribution is 5.31. The lowest BCUT2D eigenvalue weighted by atomic mass is 9.94. The number of ether oxygens (including phenoxy) is 2. The molecular formula is C15H23NO2. The van der Waals surface area contributed by atoms with Crippen molar-refractivity contribution in [3.8, 4) is 11.5 Å². The van der Waals surface area contributed by atoms with Gasteiger partial charge in [-0.2, -0.15) is 0 Å². The van der Waals surface area contributed by atoms with E-state index in [0.29, 0.717) is 11.5 Å². The third-order valence-corrected chi connectivity index (χ3v) is 4.17. The summed E-state index contributed by atoms with van der Waals surface area (Å²) in [5.41, 5.74) is 0.473. The predicted molar refractivity (Wildman–Crippen MR) is 73.3 cm³/mol. The third kappa shape index (κ3) is 2.96. The fraction of sp³-hybridized carbons (Fsp3) is 0.600. The van der Waals surface area contributed by atoms with Crippen LogP contribution in [0.1, 0.15) is 26.2 Å². The molecule has 3 heteroatoms. The molecule has 1 aliphatic carbocycles. The highest BCUT2D eigenvalue weighted by atomic mass is 16.5. The number of hydrogen-bond donors (Lipinski definition) is 1. The van der Waals surface area contributed by atoms with Gasteiger partial charge in [-0.15, -0.1) is 0 Å². The van der Waals surface area contributed by atoms with Crippen molar-refractivity contribution in [3.05, 3.63) is 24.3 Å². The molecule has 1 unspecified atom stereocenters. The van der Waals surface area contributed by atoms with Crippen molar-refractivity contribution in [3.63, 3.8) is 0 Å². The first-order valence-corrected chi connectivity index (χ1v) is 6.64. The molecule has 0 heterocycles. The molecule has 1 atom stereocenters. The normalized spacial score (nSPS) is 18.2. The third-order valence-electron chi connectivity index (χ3n) is 4.17. The molecular weight excluding hydrogens is 226 g/mol. The number of nitrogens with one attached hydrogen (secondary N) is 1. The van der Waals surface area contributed by atoms with E-state index in [1.165, 1.54) is 12.8 Å². The zero-order chi connectivity index (χ0) is 13.0. The topological polar surface area (TPSA) is 30.5 Å². The van der Waals surface area contributed by atoms with Crippen LogP contribution in [0.15, 0.2) is 24.3 Å². The first-order chi connectivity index (χ1) is 8.70. The Bertz CT molecular complexity index is 371. The Hall–Kier alpha value is -1.22. The van der Waals surface area contributed by atoms with Gasteiger partial charge in [-0.25, -0.2) is 0 Å². The molecule has 0 saturated heterocycles. The van der Waals surface area contributed by atoms with E-state index >= 15 is 0 Å². The molecule has 0 bridgehead atoms. The lowest BCUT2D eigenvalue weighted by Gasteiger charge is -2.22. The average Bonchev–Trinajstić information content (AvgIpc) is 3.20. The lowest BCUT2D eigenvalue weighted by molar-refractivity contribution is 0.242.